The highest BCUT2D eigenvalue weighted by Crippen LogP contribution is 2.33. The largest absolute Gasteiger partial charge is 0.382 e. The molecular formula is C21H23FN6O2. The van der Waals surface area contributed by atoms with Gasteiger partial charge in [-0.25, -0.2) is 13.9 Å². The second kappa shape index (κ2) is 6.79. The molecule has 1 saturated heterocycles. The summed E-state index contributed by atoms with van der Waals surface area (Å²) < 4.78 is 16.2. The van der Waals surface area contributed by atoms with Gasteiger partial charge in [0, 0.05) is 31.3 Å². The normalized spacial score (nSPS) is 16.4. The topological polar surface area (TPSA) is 96.8 Å². The summed E-state index contributed by atoms with van der Waals surface area (Å²) in [6.45, 7) is 7.38. The van der Waals surface area contributed by atoms with Crippen LogP contribution < -0.4 is 10.6 Å². The molecule has 0 bridgehead atoms. The third kappa shape index (κ3) is 2.97. The predicted octanol–water partition coefficient (Wildman–Crippen LogP) is 2.40. The molecule has 1 aromatic carbocycles. The molecule has 3 heterocycles. The zero-order valence-corrected chi connectivity index (χ0v) is 17.3. The number of nitrogens with two attached hydrogens (primary N) is 1. The van der Waals surface area contributed by atoms with E-state index in [4.69, 9.17) is 5.73 Å². The summed E-state index contributed by atoms with van der Waals surface area (Å²) in [4.78, 5) is 32.2. The van der Waals surface area contributed by atoms with Crippen molar-refractivity contribution >= 4 is 28.8 Å². The molecular weight excluding hydrogens is 387 g/mol. The molecule has 156 valence electrons. The molecule has 2 N–H and O–H groups in total. The van der Waals surface area contributed by atoms with Crippen molar-refractivity contribution in [3.8, 4) is 11.3 Å². The van der Waals surface area contributed by atoms with Gasteiger partial charge in [-0.2, -0.15) is 5.10 Å². The van der Waals surface area contributed by atoms with Gasteiger partial charge in [-0.1, -0.05) is 0 Å². The van der Waals surface area contributed by atoms with Crippen LogP contribution in [0.1, 0.15) is 26.3 Å². The van der Waals surface area contributed by atoms with Gasteiger partial charge < -0.3 is 15.5 Å². The fourth-order valence-corrected chi connectivity index (χ4v) is 4.16. The minimum Gasteiger partial charge on any atom is -0.382 e. The van der Waals surface area contributed by atoms with Crippen molar-refractivity contribution in [2.75, 3.05) is 23.7 Å². The molecule has 8 nitrogen and oxygen atoms in total. The van der Waals surface area contributed by atoms with E-state index in [0.717, 1.165) is 5.56 Å². The van der Waals surface area contributed by atoms with Crippen LogP contribution >= 0.6 is 0 Å². The molecule has 30 heavy (non-hydrogen) atoms. The van der Waals surface area contributed by atoms with E-state index in [9.17, 15) is 14.0 Å². The van der Waals surface area contributed by atoms with Crippen LogP contribution in [0.5, 0.6) is 0 Å². The molecule has 0 saturated carbocycles. The smallest absolute Gasteiger partial charge is 0.252 e. The van der Waals surface area contributed by atoms with Gasteiger partial charge >= 0.3 is 0 Å². The van der Waals surface area contributed by atoms with Crippen LogP contribution in [0.15, 0.2) is 30.6 Å². The van der Waals surface area contributed by atoms with Crippen molar-refractivity contribution in [3.05, 3.63) is 42.0 Å². The number of benzene rings is 1. The van der Waals surface area contributed by atoms with E-state index in [0.29, 0.717) is 34.8 Å². The molecule has 1 fully saturated rings. The number of nitrogen functional groups attached to an aromatic ring is 1. The zero-order chi connectivity index (χ0) is 21.8. The number of hydrogen-bond donors (Lipinski definition) is 1. The van der Waals surface area contributed by atoms with Crippen LogP contribution in [0.2, 0.25) is 0 Å². The highest BCUT2D eigenvalue weighted by molar-refractivity contribution is 6.03. The average molecular weight is 410 g/mol. The van der Waals surface area contributed by atoms with Crippen LogP contribution in [0.25, 0.3) is 16.8 Å². The third-order valence-corrected chi connectivity index (χ3v) is 5.63. The lowest BCUT2D eigenvalue weighted by Gasteiger charge is -2.45. The summed E-state index contributed by atoms with van der Waals surface area (Å²) in [7, 11) is 0. The Morgan fingerprint density at radius 1 is 1.20 bits per heavy atom. The third-order valence-electron chi connectivity index (χ3n) is 5.63. The first kappa shape index (κ1) is 19.8. The summed E-state index contributed by atoms with van der Waals surface area (Å²) in [6, 6.07) is 6.33. The lowest BCUT2D eigenvalue weighted by molar-refractivity contribution is -0.145. The number of aryl methyl sites for hydroxylation is 1. The van der Waals surface area contributed by atoms with Crippen molar-refractivity contribution in [1.29, 1.82) is 0 Å². The molecule has 2 amide bonds. The van der Waals surface area contributed by atoms with Crippen LogP contribution in [-0.4, -0.2) is 49.9 Å². The minimum absolute atomic E-state index is 0.166. The summed E-state index contributed by atoms with van der Waals surface area (Å²) in [5.74, 6) is -0.567. The summed E-state index contributed by atoms with van der Waals surface area (Å²) in [5, 5.41) is 4.26. The molecule has 0 atom stereocenters. The number of carbonyl (C=O) groups is 2. The van der Waals surface area contributed by atoms with Gasteiger partial charge in [0.2, 0.25) is 5.91 Å². The molecule has 3 aromatic rings. The maximum atomic E-state index is 14.6. The standard InChI is InChI=1S/C21H23FN6O2/c1-12-7-17(28-18(12)19(23)24-11-25-28)14-8-15(22)10-16(9-14)26-5-6-27(13(2)29)21(3,4)20(26)30/h7-11H,5-6H2,1-4H3,(H2,23,24,25). The highest BCUT2D eigenvalue weighted by Gasteiger charge is 2.43. The second-order valence-corrected chi connectivity index (χ2v) is 8.00. The number of aromatic nitrogens is 3. The van der Waals surface area contributed by atoms with Gasteiger partial charge in [0.1, 0.15) is 23.2 Å². The van der Waals surface area contributed by atoms with Crippen LogP contribution in [-0.2, 0) is 9.59 Å². The van der Waals surface area contributed by atoms with Crippen LogP contribution in [0.3, 0.4) is 0 Å². The monoisotopic (exact) mass is 410 g/mol. The van der Waals surface area contributed by atoms with Crippen molar-refractivity contribution in [1.82, 2.24) is 19.5 Å². The quantitative estimate of drug-likeness (QED) is 0.700. The molecule has 2 aromatic heterocycles. The Morgan fingerprint density at radius 3 is 2.63 bits per heavy atom. The Kier molecular flexibility index (Phi) is 4.48. The first-order chi connectivity index (χ1) is 14.1. The van der Waals surface area contributed by atoms with E-state index >= 15 is 0 Å². The number of carbonyl (C=O) groups excluding carboxylic acids is 2. The predicted molar refractivity (Wildman–Crippen MR) is 111 cm³/mol. The number of amides is 2. The first-order valence-electron chi connectivity index (χ1n) is 9.61. The number of hydrogen-bond acceptors (Lipinski definition) is 5. The van der Waals surface area contributed by atoms with Crippen molar-refractivity contribution in [2.45, 2.75) is 33.2 Å². The maximum absolute atomic E-state index is 14.6. The van der Waals surface area contributed by atoms with E-state index in [2.05, 4.69) is 10.1 Å². The molecule has 9 heteroatoms. The molecule has 0 unspecified atom stereocenters. The minimum atomic E-state index is -1.02. The number of anilines is 2. The van der Waals surface area contributed by atoms with E-state index in [1.54, 1.807) is 24.4 Å². The van der Waals surface area contributed by atoms with E-state index in [1.807, 2.05) is 13.0 Å². The fourth-order valence-electron chi connectivity index (χ4n) is 4.16. The molecule has 0 spiro atoms. The fraction of sp³-hybridized carbons (Fsp3) is 0.333. The number of halogens is 1. The lowest BCUT2D eigenvalue weighted by Crippen LogP contribution is -2.64. The average Bonchev–Trinajstić information content (AvgIpc) is 3.01. The Hall–Kier alpha value is -3.49. The second-order valence-electron chi connectivity index (χ2n) is 8.00. The Bertz CT molecular complexity index is 1190. The Labute approximate surface area is 173 Å². The molecule has 0 aliphatic carbocycles. The van der Waals surface area contributed by atoms with Crippen molar-refractivity contribution in [2.24, 2.45) is 0 Å². The van der Waals surface area contributed by atoms with E-state index in [-0.39, 0.29) is 18.4 Å². The molecule has 1 aliphatic rings. The van der Waals surface area contributed by atoms with Gasteiger partial charge in [0.25, 0.3) is 5.91 Å². The zero-order valence-electron chi connectivity index (χ0n) is 17.3. The number of fused-ring (bicyclic) bond motifs is 1. The van der Waals surface area contributed by atoms with E-state index in [1.165, 1.54) is 35.2 Å². The Morgan fingerprint density at radius 2 is 1.93 bits per heavy atom. The lowest BCUT2D eigenvalue weighted by atomic mass is 9.96. The van der Waals surface area contributed by atoms with Crippen LogP contribution in [0, 0.1) is 12.7 Å². The highest BCUT2D eigenvalue weighted by atomic mass is 19.1. The van der Waals surface area contributed by atoms with Gasteiger partial charge in [0.15, 0.2) is 5.82 Å². The number of piperazine rings is 1. The summed E-state index contributed by atoms with van der Waals surface area (Å²) >= 11 is 0. The molecule has 1 aliphatic heterocycles. The van der Waals surface area contributed by atoms with Crippen molar-refractivity contribution in [3.63, 3.8) is 0 Å². The van der Waals surface area contributed by atoms with Crippen molar-refractivity contribution < 1.29 is 14.0 Å². The van der Waals surface area contributed by atoms with Gasteiger partial charge in [-0.05, 0) is 50.6 Å². The SMILES string of the molecule is CC(=O)N1CCN(c2cc(F)cc(-c3cc(C)c4c(N)ncnn34)c2)C(=O)C1(C)C. The van der Waals surface area contributed by atoms with Gasteiger partial charge in [-0.3, -0.25) is 9.59 Å². The summed E-state index contributed by atoms with van der Waals surface area (Å²) in [5.41, 5.74) is 8.12. The van der Waals surface area contributed by atoms with Gasteiger partial charge in [0.05, 0.1) is 5.69 Å². The maximum Gasteiger partial charge on any atom is 0.252 e. The molecule has 4 rings (SSSR count). The Balaban J connectivity index is 1.80. The number of rotatable bonds is 2. The molecule has 0 radical (unpaired) electrons. The van der Waals surface area contributed by atoms with Crippen LogP contribution in [0.4, 0.5) is 15.9 Å². The van der Waals surface area contributed by atoms with Gasteiger partial charge in [-0.15, -0.1) is 0 Å². The number of nitrogens with zero attached hydrogens (tertiary/aromatic N) is 5. The first-order valence-corrected chi connectivity index (χ1v) is 9.61. The summed E-state index contributed by atoms with van der Waals surface area (Å²) in [6.07, 6.45) is 1.35. The van der Waals surface area contributed by atoms with E-state index < -0.39 is 11.4 Å².